The second-order valence-corrected chi connectivity index (χ2v) is 5.15. The molecular weight excluding hydrogens is 246 g/mol. The number of fused-ring (bicyclic) bond motifs is 2. The van der Waals surface area contributed by atoms with Gasteiger partial charge in [-0.05, 0) is 18.6 Å². The van der Waals surface area contributed by atoms with Crippen LogP contribution < -0.4 is 4.90 Å². The molecule has 2 atom stereocenters. The van der Waals surface area contributed by atoms with Gasteiger partial charge in [0.05, 0.1) is 17.0 Å². The molecule has 0 aliphatic carbocycles. The van der Waals surface area contributed by atoms with Crippen molar-refractivity contribution in [2.24, 2.45) is 0 Å². The Morgan fingerprint density at radius 1 is 1.26 bits per heavy atom. The quantitative estimate of drug-likeness (QED) is 0.596. The Bertz CT molecular complexity index is 516. The van der Waals surface area contributed by atoms with Crippen molar-refractivity contribution in [3.8, 4) is 0 Å². The molecule has 0 spiro atoms. The fourth-order valence-corrected chi connectivity index (χ4v) is 3.12. The molecule has 3 aliphatic heterocycles. The lowest BCUT2D eigenvalue weighted by molar-refractivity contribution is -0.384. The van der Waals surface area contributed by atoms with Crippen molar-refractivity contribution in [2.75, 3.05) is 18.0 Å². The van der Waals surface area contributed by atoms with Crippen LogP contribution in [0.25, 0.3) is 0 Å². The van der Waals surface area contributed by atoms with E-state index in [2.05, 4.69) is 4.90 Å². The topological polar surface area (TPSA) is 66.7 Å². The van der Waals surface area contributed by atoms with Crippen molar-refractivity contribution in [3.63, 3.8) is 0 Å². The number of piperidine rings is 1. The van der Waals surface area contributed by atoms with E-state index in [1.54, 1.807) is 19.1 Å². The Hall–Kier alpha value is -2.11. The van der Waals surface area contributed by atoms with Crippen molar-refractivity contribution in [1.82, 2.24) is 4.90 Å². The summed E-state index contributed by atoms with van der Waals surface area (Å²) in [6.07, 6.45) is 1.07. The van der Waals surface area contributed by atoms with E-state index >= 15 is 0 Å². The summed E-state index contributed by atoms with van der Waals surface area (Å²) in [6.45, 7) is 3.24. The highest BCUT2D eigenvalue weighted by molar-refractivity contribution is 5.76. The molecule has 100 valence electrons. The number of nitrogens with zero attached hydrogens (tertiary/aromatic N) is 3. The van der Waals surface area contributed by atoms with Crippen LogP contribution in [0.1, 0.15) is 13.3 Å². The Morgan fingerprint density at radius 2 is 1.84 bits per heavy atom. The average molecular weight is 261 g/mol. The molecule has 1 aromatic rings. The van der Waals surface area contributed by atoms with Crippen molar-refractivity contribution in [2.45, 2.75) is 25.4 Å². The number of nitro groups is 1. The van der Waals surface area contributed by atoms with Gasteiger partial charge >= 0.3 is 0 Å². The molecule has 0 aromatic heterocycles. The van der Waals surface area contributed by atoms with Gasteiger partial charge in [-0.2, -0.15) is 0 Å². The lowest BCUT2D eigenvalue weighted by Gasteiger charge is -2.56. The summed E-state index contributed by atoms with van der Waals surface area (Å²) < 4.78 is 0. The number of benzene rings is 1. The average Bonchev–Trinajstić information content (AvgIpc) is 2.38. The molecular formula is C13H15N3O3. The summed E-state index contributed by atoms with van der Waals surface area (Å²) in [5.74, 6) is 0.143. The van der Waals surface area contributed by atoms with Gasteiger partial charge in [0.15, 0.2) is 0 Å². The highest BCUT2D eigenvalue weighted by Gasteiger charge is 2.45. The van der Waals surface area contributed by atoms with Crippen molar-refractivity contribution in [1.29, 1.82) is 0 Å². The predicted octanol–water partition coefficient (Wildman–Crippen LogP) is 1.40. The number of hydrogen-bond acceptors (Lipinski definition) is 4. The van der Waals surface area contributed by atoms with Gasteiger partial charge in [0, 0.05) is 37.8 Å². The number of hydrogen-bond donors (Lipinski definition) is 0. The van der Waals surface area contributed by atoms with E-state index in [1.165, 1.54) is 12.1 Å². The summed E-state index contributed by atoms with van der Waals surface area (Å²) in [5.41, 5.74) is 1.10. The SMILES string of the molecule is CC(=O)N1C2CC1CN(c1ccc([N+](=O)[O-])cc1)C2. The Kier molecular flexibility index (Phi) is 2.66. The Balaban J connectivity index is 1.72. The third kappa shape index (κ3) is 1.93. The van der Waals surface area contributed by atoms with E-state index in [9.17, 15) is 14.9 Å². The van der Waals surface area contributed by atoms with Crippen LogP contribution in [0.4, 0.5) is 11.4 Å². The molecule has 19 heavy (non-hydrogen) atoms. The minimum Gasteiger partial charge on any atom is -0.367 e. The molecule has 1 amide bonds. The van der Waals surface area contributed by atoms with Crippen LogP contribution in [0.3, 0.4) is 0 Å². The second-order valence-electron chi connectivity index (χ2n) is 5.15. The van der Waals surface area contributed by atoms with Gasteiger partial charge in [-0.15, -0.1) is 0 Å². The normalized spacial score (nSPS) is 24.9. The zero-order chi connectivity index (χ0) is 13.6. The number of carbonyl (C=O) groups is 1. The van der Waals surface area contributed by atoms with Crippen molar-refractivity contribution in [3.05, 3.63) is 34.4 Å². The monoisotopic (exact) mass is 261 g/mol. The van der Waals surface area contributed by atoms with Crippen LogP contribution in [-0.4, -0.2) is 40.9 Å². The summed E-state index contributed by atoms with van der Waals surface area (Å²) >= 11 is 0. The third-order valence-corrected chi connectivity index (χ3v) is 3.98. The van der Waals surface area contributed by atoms with Crippen LogP contribution in [0, 0.1) is 10.1 Å². The summed E-state index contributed by atoms with van der Waals surface area (Å²) in [4.78, 5) is 25.8. The fourth-order valence-electron chi connectivity index (χ4n) is 3.12. The zero-order valence-corrected chi connectivity index (χ0v) is 10.7. The molecule has 4 rings (SSSR count). The first kappa shape index (κ1) is 12.0. The number of amides is 1. The maximum Gasteiger partial charge on any atom is 0.269 e. The molecule has 3 heterocycles. The Labute approximate surface area is 110 Å². The maximum atomic E-state index is 11.4. The van der Waals surface area contributed by atoms with Crippen LogP contribution >= 0.6 is 0 Å². The highest BCUT2D eigenvalue weighted by atomic mass is 16.6. The third-order valence-electron chi connectivity index (χ3n) is 3.98. The lowest BCUT2D eigenvalue weighted by atomic mass is 9.87. The minimum atomic E-state index is -0.394. The van der Waals surface area contributed by atoms with Gasteiger partial charge in [-0.1, -0.05) is 0 Å². The number of non-ortho nitro benzene ring substituents is 1. The van der Waals surface area contributed by atoms with E-state index in [0.29, 0.717) is 12.1 Å². The maximum absolute atomic E-state index is 11.4. The molecule has 2 unspecified atom stereocenters. The number of carbonyl (C=O) groups excluding carboxylic acids is 1. The van der Waals surface area contributed by atoms with Crippen LogP contribution in [-0.2, 0) is 4.79 Å². The molecule has 3 fully saturated rings. The van der Waals surface area contributed by atoms with Gasteiger partial charge in [-0.25, -0.2) is 0 Å². The molecule has 6 heteroatoms. The Morgan fingerprint density at radius 3 is 2.32 bits per heavy atom. The van der Waals surface area contributed by atoms with E-state index in [0.717, 1.165) is 25.2 Å². The van der Waals surface area contributed by atoms with E-state index in [-0.39, 0.29) is 11.6 Å². The van der Waals surface area contributed by atoms with E-state index < -0.39 is 4.92 Å². The summed E-state index contributed by atoms with van der Waals surface area (Å²) in [6, 6.07) is 7.20. The van der Waals surface area contributed by atoms with Crippen molar-refractivity contribution >= 4 is 17.3 Å². The molecule has 0 N–H and O–H groups in total. The second kappa shape index (κ2) is 4.22. The summed E-state index contributed by atoms with van der Waals surface area (Å²) in [7, 11) is 0. The smallest absolute Gasteiger partial charge is 0.269 e. The molecule has 3 saturated heterocycles. The number of piperazine rings is 1. The summed E-state index contributed by atoms with van der Waals surface area (Å²) in [5, 5.41) is 10.6. The largest absolute Gasteiger partial charge is 0.367 e. The predicted molar refractivity (Wildman–Crippen MR) is 70.0 cm³/mol. The van der Waals surface area contributed by atoms with Gasteiger partial charge in [0.2, 0.25) is 5.91 Å². The van der Waals surface area contributed by atoms with E-state index in [1.807, 2.05) is 4.90 Å². The standard InChI is InChI=1S/C13H15N3O3/c1-9(17)15-12-6-13(15)8-14(7-12)10-2-4-11(5-3-10)16(18)19/h2-5,12-13H,6-8H2,1H3. The molecule has 1 aromatic carbocycles. The minimum absolute atomic E-state index is 0.108. The zero-order valence-electron chi connectivity index (χ0n) is 10.7. The first-order chi connectivity index (χ1) is 9.06. The fraction of sp³-hybridized carbons (Fsp3) is 0.462. The van der Waals surface area contributed by atoms with Crippen LogP contribution in [0.15, 0.2) is 24.3 Å². The molecule has 6 nitrogen and oxygen atoms in total. The highest BCUT2D eigenvalue weighted by Crippen LogP contribution is 2.34. The molecule has 0 radical (unpaired) electrons. The van der Waals surface area contributed by atoms with E-state index in [4.69, 9.17) is 0 Å². The number of anilines is 1. The number of rotatable bonds is 2. The first-order valence-electron chi connectivity index (χ1n) is 6.34. The van der Waals surface area contributed by atoms with Crippen molar-refractivity contribution < 1.29 is 9.72 Å². The first-order valence-corrected chi connectivity index (χ1v) is 6.34. The van der Waals surface area contributed by atoms with Crippen LogP contribution in [0.2, 0.25) is 0 Å². The molecule has 0 saturated carbocycles. The van der Waals surface area contributed by atoms with Gasteiger partial charge in [-0.3, -0.25) is 14.9 Å². The van der Waals surface area contributed by atoms with Gasteiger partial charge in [0.25, 0.3) is 5.69 Å². The number of nitro benzene ring substituents is 1. The lowest BCUT2D eigenvalue weighted by Crippen LogP contribution is -2.69. The van der Waals surface area contributed by atoms with Crippen LogP contribution in [0.5, 0.6) is 0 Å². The van der Waals surface area contributed by atoms with Gasteiger partial charge < -0.3 is 9.80 Å². The molecule has 3 aliphatic rings. The van der Waals surface area contributed by atoms with Gasteiger partial charge in [0.1, 0.15) is 0 Å². The molecule has 2 bridgehead atoms.